The minimum atomic E-state index is 0.0668. The van der Waals surface area contributed by atoms with E-state index >= 15 is 0 Å². The van der Waals surface area contributed by atoms with Crippen LogP contribution in [0.4, 0.5) is 0 Å². The van der Waals surface area contributed by atoms with E-state index < -0.39 is 0 Å². The second kappa shape index (κ2) is 5.10. The summed E-state index contributed by atoms with van der Waals surface area (Å²) < 4.78 is 2.66. The highest BCUT2D eigenvalue weighted by molar-refractivity contribution is 7.07. The van der Waals surface area contributed by atoms with Gasteiger partial charge in [0.05, 0.1) is 9.88 Å². The standard InChI is InChI=1S/C13H14N2OS/c1-3-8-15-10(2)12(17-13(15)16)9-11-4-6-14-7-5-11/h4-7,9H,2-3,8H2,1H3/b12-9-. The highest BCUT2D eigenvalue weighted by Crippen LogP contribution is 1.95. The first-order chi connectivity index (χ1) is 8.22. The Morgan fingerprint density at radius 2 is 2.18 bits per heavy atom. The second-order valence-corrected chi connectivity index (χ2v) is 4.75. The number of nitrogens with zero attached hydrogens (tertiary/aromatic N) is 2. The summed E-state index contributed by atoms with van der Waals surface area (Å²) >= 11 is 1.24. The molecule has 0 spiro atoms. The maximum absolute atomic E-state index is 11.8. The molecule has 4 heteroatoms. The summed E-state index contributed by atoms with van der Waals surface area (Å²) in [6, 6.07) is 3.82. The molecule has 2 rings (SSSR count). The van der Waals surface area contributed by atoms with E-state index in [4.69, 9.17) is 0 Å². The zero-order valence-corrected chi connectivity index (χ0v) is 10.5. The van der Waals surface area contributed by atoms with E-state index in [-0.39, 0.29) is 4.87 Å². The molecular weight excluding hydrogens is 232 g/mol. The van der Waals surface area contributed by atoms with Crippen LogP contribution in [0.5, 0.6) is 0 Å². The van der Waals surface area contributed by atoms with Gasteiger partial charge in [-0.15, -0.1) is 0 Å². The Kier molecular flexibility index (Phi) is 3.54. The van der Waals surface area contributed by atoms with Crippen LogP contribution in [0.2, 0.25) is 0 Å². The molecule has 0 fully saturated rings. The molecule has 0 aromatic carbocycles. The van der Waals surface area contributed by atoms with Gasteiger partial charge in [0.15, 0.2) is 0 Å². The molecule has 0 atom stereocenters. The number of aromatic nitrogens is 2. The number of rotatable bonds is 3. The van der Waals surface area contributed by atoms with Gasteiger partial charge < -0.3 is 0 Å². The van der Waals surface area contributed by atoms with Gasteiger partial charge in [-0.05, 0) is 30.2 Å². The molecule has 2 aromatic rings. The third kappa shape index (κ3) is 2.53. The number of thiazole rings is 1. The fourth-order valence-corrected chi connectivity index (χ4v) is 2.55. The lowest BCUT2D eigenvalue weighted by molar-refractivity contribution is 0.652. The Morgan fingerprint density at radius 3 is 2.82 bits per heavy atom. The first-order valence-corrected chi connectivity index (χ1v) is 6.34. The average molecular weight is 246 g/mol. The van der Waals surface area contributed by atoms with E-state index in [2.05, 4.69) is 18.5 Å². The Morgan fingerprint density at radius 1 is 1.47 bits per heavy atom. The lowest BCUT2D eigenvalue weighted by atomic mass is 10.2. The minimum absolute atomic E-state index is 0.0668. The van der Waals surface area contributed by atoms with Crippen LogP contribution >= 0.6 is 11.3 Å². The SMILES string of the molecule is C=c1/c(=C/c2ccncc2)sc(=O)n1CCC. The quantitative estimate of drug-likeness (QED) is 0.808. The lowest BCUT2D eigenvalue weighted by Gasteiger charge is -1.95. The summed E-state index contributed by atoms with van der Waals surface area (Å²) in [5, 5.41) is 0.804. The van der Waals surface area contributed by atoms with E-state index in [1.54, 1.807) is 17.0 Å². The molecule has 0 aliphatic rings. The van der Waals surface area contributed by atoms with Crippen LogP contribution in [0, 0.1) is 0 Å². The molecule has 0 bridgehead atoms. The van der Waals surface area contributed by atoms with Crippen LogP contribution in [-0.4, -0.2) is 9.55 Å². The lowest BCUT2D eigenvalue weighted by Crippen LogP contribution is -2.30. The van der Waals surface area contributed by atoms with Crippen molar-refractivity contribution in [1.29, 1.82) is 0 Å². The van der Waals surface area contributed by atoms with Crippen LogP contribution in [0.15, 0.2) is 29.3 Å². The Bertz CT molecular complexity index is 655. The molecule has 0 saturated carbocycles. The normalized spacial score (nSPS) is 11.9. The van der Waals surface area contributed by atoms with Gasteiger partial charge in [-0.2, -0.15) is 0 Å². The first kappa shape index (κ1) is 11.8. The molecule has 0 unspecified atom stereocenters. The fraction of sp³-hybridized carbons (Fsp3) is 0.231. The van der Waals surface area contributed by atoms with Crippen LogP contribution < -0.4 is 14.8 Å². The van der Waals surface area contributed by atoms with Gasteiger partial charge in [0.2, 0.25) is 0 Å². The monoisotopic (exact) mass is 246 g/mol. The van der Waals surface area contributed by atoms with Crippen molar-refractivity contribution in [2.45, 2.75) is 19.9 Å². The Balaban J connectivity index is 2.55. The summed E-state index contributed by atoms with van der Waals surface area (Å²) in [5.74, 6) is 0. The summed E-state index contributed by atoms with van der Waals surface area (Å²) in [5.41, 5.74) is 1.04. The van der Waals surface area contributed by atoms with Crippen molar-refractivity contribution in [2.75, 3.05) is 0 Å². The fourth-order valence-electron chi connectivity index (χ4n) is 1.62. The van der Waals surface area contributed by atoms with E-state index in [0.717, 1.165) is 28.4 Å². The van der Waals surface area contributed by atoms with Crippen molar-refractivity contribution in [3.63, 3.8) is 0 Å². The van der Waals surface area contributed by atoms with Gasteiger partial charge in [-0.1, -0.05) is 24.8 Å². The van der Waals surface area contributed by atoms with Gasteiger partial charge >= 0.3 is 4.87 Å². The maximum atomic E-state index is 11.8. The molecule has 3 nitrogen and oxygen atoms in total. The Labute approximate surface area is 103 Å². The summed E-state index contributed by atoms with van der Waals surface area (Å²) in [7, 11) is 0. The van der Waals surface area contributed by atoms with Crippen molar-refractivity contribution >= 4 is 24.0 Å². The van der Waals surface area contributed by atoms with Crippen molar-refractivity contribution in [2.24, 2.45) is 0 Å². The number of hydrogen-bond acceptors (Lipinski definition) is 3. The van der Waals surface area contributed by atoms with Gasteiger partial charge in [-0.3, -0.25) is 14.3 Å². The maximum Gasteiger partial charge on any atom is 0.308 e. The van der Waals surface area contributed by atoms with Crippen molar-refractivity contribution in [1.82, 2.24) is 9.55 Å². The highest BCUT2D eigenvalue weighted by Gasteiger charge is 2.00. The highest BCUT2D eigenvalue weighted by atomic mass is 32.1. The van der Waals surface area contributed by atoms with Crippen molar-refractivity contribution < 1.29 is 0 Å². The molecule has 0 amide bonds. The molecule has 0 N–H and O–H groups in total. The molecule has 0 radical (unpaired) electrons. The topological polar surface area (TPSA) is 34.9 Å². The molecule has 0 saturated heterocycles. The summed E-state index contributed by atoms with van der Waals surface area (Å²) in [6.07, 6.45) is 6.39. The predicted octanol–water partition coefficient (Wildman–Crippen LogP) is 0.954. The zero-order chi connectivity index (χ0) is 12.3. The van der Waals surface area contributed by atoms with Crippen molar-refractivity contribution in [3.05, 3.63) is 49.6 Å². The number of pyridine rings is 1. The summed E-state index contributed by atoms with van der Waals surface area (Å²) in [4.78, 5) is 15.8. The van der Waals surface area contributed by atoms with E-state index in [9.17, 15) is 4.79 Å². The van der Waals surface area contributed by atoms with Gasteiger partial charge in [0.1, 0.15) is 0 Å². The smallest absolute Gasteiger partial charge is 0.299 e. The molecular formula is C13H14N2OS. The van der Waals surface area contributed by atoms with Gasteiger partial charge in [-0.25, -0.2) is 0 Å². The largest absolute Gasteiger partial charge is 0.308 e. The van der Waals surface area contributed by atoms with E-state index in [1.165, 1.54) is 11.3 Å². The molecule has 2 aromatic heterocycles. The van der Waals surface area contributed by atoms with Gasteiger partial charge in [0.25, 0.3) is 0 Å². The summed E-state index contributed by atoms with van der Waals surface area (Å²) in [6.45, 7) is 6.77. The van der Waals surface area contributed by atoms with Crippen LogP contribution in [-0.2, 0) is 6.54 Å². The van der Waals surface area contributed by atoms with Crippen molar-refractivity contribution in [3.8, 4) is 0 Å². The molecule has 0 aliphatic heterocycles. The van der Waals surface area contributed by atoms with Crippen LogP contribution in [0.1, 0.15) is 18.9 Å². The second-order valence-electron chi connectivity index (χ2n) is 3.76. The van der Waals surface area contributed by atoms with E-state index in [1.807, 2.05) is 18.2 Å². The molecule has 17 heavy (non-hydrogen) atoms. The third-order valence-corrected chi connectivity index (χ3v) is 3.45. The third-order valence-electron chi connectivity index (χ3n) is 2.48. The Hall–Kier alpha value is -1.68. The molecule has 0 aliphatic carbocycles. The van der Waals surface area contributed by atoms with Crippen LogP contribution in [0.3, 0.4) is 0 Å². The van der Waals surface area contributed by atoms with Crippen LogP contribution in [0.25, 0.3) is 12.7 Å². The average Bonchev–Trinajstić information content (AvgIpc) is 2.59. The molecule has 88 valence electrons. The van der Waals surface area contributed by atoms with E-state index in [0.29, 0.717) is 0 Å². The zero-order valence-electron chi connectivity index (χ0n) is 9.72. The minimum Gasteiger partial charge on any atom is -0.299 e. The molecule has 2 heterocycles. The first-order valence-electron chi connectivity index (χ1n) is 5.52. The van der Waals surface area contributed by atoms with Gasteiger partial charge in [0, 0.05) is 18.9 Å². The predicted molar refractivity (Wildman–Crippen MR) is 71.4 cm³/mol. The number of hydrogen-bond donors (Lipinski definition) is 0.